The molecular weight excluding hydrogens is 614 g/mol. The third kappa shape index (κ3) is 10.4. The number of aliphatic carboxylic acids is 1. The van der Waals surface area contributed by atoms with E-state index in [9.17, 15) is 23.4 Å². The van der Waals surface area contributed by atoms with E-state index in [4.69, 9.17) is 29.6 Å². The maximum Gasteiger partial charge on any atom is 0.407 e. The number of fused-ring (bicyclic) bond motifs is 1. The van der Waals surface area contributed by atoms with Gasteiger partial charge in [0.25, 0.3) is 5.91 Å². The summed E-state index contributed by atoms with van der Waals surface area (Å²) in [6.45, 7) is 4.21. The molecule has 1 atom stereocenters. The third-order valence-corrected chi connectivity index (χ3v) is 6.36. The van der Waals surface area contributed by atoms with Crippen LogP contribution in [0.5, 0.6) is 5.75 Å². The molecule has 0 aliphatic heterocycles. The van der Waals surface area contributed by atoms with Crippen molar-refractivity contribution in [3.8, 4) is 5.75 Å². The fraction of sp³-hybridized carbons (Fsp3) is 0.407. The van der Waals surface area contributed by atoms with Gasteiger partial charge in [0.1, 0.15) is 22.9 Å². The van der Waals surface area contributed by atoms with E-state index in [0.717, 1.165) is 0 Å². The third-order valence-electron chi connectivity index (χ3n) is 5.99. The Balaban J connectivity index is 1.87. The van der Waals surface area contributed by atoms with Crippen LogP contribution in [0.25, 0.3) is 11.0 Å². The van der Waals surface area contributed by atoms with Crippen LogP contribution in [0.1, 0.15) is 46.3 Å². The van der Waals surface area contributed by atoms with Crippen molar-refractivity contribution in [2.24, 2.45) is 5.73 Å². The molecule has 2 heterocycles. The number of amides is 3. The van der Waals surface area contributed by atoms with Gasteiger partial charge in [-0.15, -0.1) is 0 Å². The van der Waals surface area contributed by atoms with Crippen molar-refractivity contribution in [1.82, 2.24) is 24.6 Å². The van der Waals surface area contributed by atoms with E-state index in [2.05, 4.69) is 20.7 Å². The number of carbonyl (C=O) groups is 4. The SMILES string of the molecule is CCn1nc(C)cc1C(=O)Nc1nc2cc(C(N)=O)cc(OCCCOC(=O)NCCC(=O)O)c2n1C/C=C/COCS(=O)O. The summed E-state index contributed by atoms with van der Waals surface area (Å²) in [4.78, 5) is 52.2. The topological polar surface area (TPSA) is 239 Å². The minimum atomic E-state index is -2.10. The van der Waals surface area contributed by atoms with Gasteiger partial charge in [0.15, 0.2) is 11.1 Å². The van der Waals surface area contributed by atoms with Crippen LogP contribution in [-0.2, 0) is 38.4 Å². The number of carboxylic acid groups (broad SMARTS) is 1. The predicted molar refractivity (Wildman–Crippen MR) is 161 cm³/mol. The smallest absolute Gasteiger partial charge is 0.407 e. The zero-order chi connectivity index (χ0) is 32.9. The van der Waals surface area contributed by atoms with E-state index < -0.39 is 35.0 Å². The van der Waals surface area contributed by atoms with Crippen LogP contribution in [0, 0.1) is 6.92 Å². The largest absolute Gasteiger partial charge is 0.491 e. The molecule has 18 heteroatoms. The molecule has 0 fully saturated rings. The second kappa shape index (κ2) is 16.9. The van der Waals surface area contributed by atoms with E-state index in [1.807, 2.05) is 6.92 Å². The molecule has 1 aromatic carbocycles. The molecule has 0 aliphatic carbocycles. The normalized spacial score (nSPS) is 11.9. The average Bonchev–Trinajstić information content (AvgIpc) is 3.53. The number of primary amides is 1. The lowest BCUT2D eigenvalue weighted by Crippen LogP contribution is -2.27. The number of nitrogens with zero attached hydrogens (tertiary/aromatic N) is 4. The Morgan fingerprint density at radius 2 is 1.93 bits per heavy atom. The lowest BCUT2D eigenvalue weighted by atomic mass is 10.1. The van der Waals surface area contributed by atoms with E-state index >= 15 is 0 Å². The van der Waals surface area contributed by atoms with Crippen molar-refractivity contribution < 1.29 is 47.3 Å². The van der Waals surface area contributed by atoms with Crippen molar-refractivity contribution in [2.75, 3.05) is 37.6 Å². The zero-order valence-corrected chi connectivity index (χ0v) is 25.5. The number of alkyl carbamates (subject to hydrolysis) is 1. The number of benzene rings is 1. The number of hydrogen-bond acceptors (Lipinski definition) is 10. The number of carbonyl (C=O) groups excluding carboxylic acids is 3. The summed E-state index contributed by atoms with van der Waals surface area (Å²) >= 11 is -2.10. The van der Waals surface area contributed by atoms with Gasteiger partial charge in [-0.25, -0.2) is 14.0 Å². The van der Waals surface area contributed by atoms with Crippen LogP contribution in [0.4, 0.5) is 10.7 Å². The van der Waals surface area contributed by atoms with Crippen molar-refractivity contribution in [3.63, 3.8) is 0 Å². The monoisotopic (exact) mass is 649 g/mol. The highest BCUT2D eigenvalue weighted by Gasteiger charge is 2.21. The van der Waals surface area contributed by atoms with Crippen LogP contribution in [0.3, 0.4) is 0 Å². The maximum absolute atomic E-state index is 13.3. The van der Waals surface area contributed by atoms with E-state index in [-0.39, 0.29) is 69.0 Å². The second-order valence-electron chi connectivity index (χ2n) is 9.38. The highest BCUT2D eigenvalue weighted by Crippen LogP contribution is 2.31. The first-order valence-electron chi connectivity index (χ1n) is 13.7. The number of imidazole rings is 1. The number of rotatable bonds is 18. The molecule has 3 aromatic rings. The summed E-state index contributed by atoms with van der Waals surface area (Å²) < 4.78 is 39.0. The number of aromatic nitrogens is 4. The summed E-state index contributed by atoms with van der Waals surface area (Å²) in [5.41, 5.74) is 7.35. The van der Waals surface area contributed by atoms with Gasteiger partial charge in [0, 0.05) is 31.6 Å². The first-order chi connectivity index (χ1) is 21.5. The number of hydrogen-bond donors (Lipinski definition) is 5. The van der Waals surface area contributed by atoms with Crippen LogP contribution >= 0.6 is 0 Å². The number of ether oxygens (including phenoxy) is 3. The molecule has 17 nitrogen and oxygen atoms in total. The van der Waals surface area contributed by atoms with Crippen LogP contribution in [0.2, 0.25) is 0 Å². The number of anilines is 1. The van der Waals surface area contributed by atoms with Gasteiger partial charge in [-0.2, -0.15) is 5.10 Å². The Morgan fingerprint density at radius 3 is 2.62 bits per heavy atom. The molecule has 244 valence electrons. The highest BCUT2D eigenvalue weighted by atomic mass is 32.2. The summed E-state index contributed by atoms with van der Waals surface area (Å²) in [5, 5.41) is 18.1. The lowest BCUT2D eigenvalue weighted by molar-refractivity contribution is -0.136. The minimum absolute atomic E-state index is 0.0377. The second-order valence-corrected chi connectivity index (χ2v) is 10.3. The van der Waals surface area contributed by atoms with Gasteiger partial charge in [0.05, 0.1) is 37.5 Å². The maximum atomic E-state index is 13.3. The Morgan fingerprint density at radius 1 is 1.16 bits per heavy atom. The molecule has 6 N–H and O–H groups in total. The van der Waals surface area contributed by atoms with E-state index in [1.54, 1.807) is 34.4 Å². The number of aryl methyl sites for hydroxylation is 2. The fourth-order valence-corrected chi connectivity index (χ4v) is 4.29. The van der Waals surface area contributed by atoms with Crippen LogP contribution in [0.15, 0.2) is 30.4 Å². The average molecular weight is 650 g/mol. The number of allylic oxidation sites excluding steroid dienone is 1. The lowest BCUT2D eigenvalue weighted by Gasteiger charge is -2.13. The van der Waals surface area contributed by atoms with Gasteiger partial charge in [-0.1, -0.05) is 12.2 Å². The van der Waals surface area contributed by atoms with Crippen molar-refractivity contribution in [1.29, 1.82) is 0 Å². The summed E-state index contributed by atoms with van der Waals surface area (Å²) in [7, 11) is 0. The molecule has 3 amide bonds. The number of nitrogens with two attached hydrogens (primary N) is 1. The number of carboxylic acids is 1. The van der Waals surface area contributed by atoms with Crippen molar-refractivity contribution in [3.05, 3.63) is 47.3 Å². The highest BCUT2D eigenvalue weighted by molar-refractivity contribution is 7.79. The molecule has 0 aliphatic rings. The predicted octanol–water partition coefficient (Wildman–Crippen LogP) is 1.63. The Labute approximate surface area is 260 Å². The summed E-state index contributed by atoms with van der Waals surface area (Å²) in [6, 6.07) is 4.54. The van der Waals surface area contributed by atoms with Crippen LogP contribution < -0.4 is 21.1 Å². The first kappa shape index (κ1) is 34.7. The quantitative estimate of drug-likeness (QED) is 0.0751. The minimum Gasteiger partial charge on any atom is -0.491 e. The Hall–Kier alpha value is -4.81. The molecule has 0 radical (unpaired) electrons. The van der Waals surface area contributed by atoms with Gasteiger partial charge in [0.2, 0.25) is 11.9 Å². The van der Waals surface area contributed by atoms with Crippen molar-refractivity contribution in [2.45, 2.75) is 39.8 Å². The summed E-state index contributed by atoms with van der Waals surface area (Å²) in [5.74, 6) is -2.26. The molecule has 0 saturated heterocycles. The van der Waals surface area contributed by atoms with Crippen LogP contribution in [-0.4, -0.2) is 89.4 Å². The molecule has 45 heavy (non-hydrogen) atoms. The standard InChI is InChI=1S/C27H35N7O10S/c1-3-34-20(13-17(2)32-34)25(38)31-26-30-19-14-18(24(28)37)15-21(23(19)33(26)9-4-5-10-42-16-45(40)41)43-11-6-12-44-27(39)29-8-7-22(35)36/h4-5,13-15H,3,6-12,16H2,1-2H3,(H2,28,37)(H,29,39)(H,35,36)(H,40,41)(H,30,31,38)/b5-4+. The van der Waals surface area contributed by atoms with Gasteiger partial charge >= 0.3 is 12.1 Å². The Kier molecular flexibility index (Phi) is 13.0. The molecule has 3 rings (SSSR count). The van der Waals surface area contributed by atoms with Crippen molar-refractivity contribution >= 4 is 51.9 Å². The molecule has 0 bridgehead atoms. The van der Waals surface area contributed by atoms with Gasteiger partial charge in [-0.3, -0.25) is 24.4 Å². The molecule has 0 saturated carbocycles. The first-order valence-corrected chi connectivity index (χ1v) is 15.0. The molecule has 0 spiro atoms. The Bertz CT molecular complexity index is 1580. The van der Waals surface area contributed by atoms with Gasteiger partial charge in [-0.05, 0) is 32.0 Å². The molecule has 1 unspecified atom stereocenters. The van der Waals surface area contributed by atoms with E-state index in [0.29, 0.717) is 29.0 Å². The zero-order valence-electron chi connectivity index (χ0n) is 24.7. The molecule has 2 aromatic heterocycles. The van der Waals surface area contributed by atoms with Gasteiger partial charge < -0.3 is 39.5 Å². The molecular formula is C27H35N7O10S. The summed E-state index contributed by atoms with van der Waals surface area (Å²) in [6.07, 6.45) is 2.55. The fourth-order valence-electron chi connectivity index (χ4n) is 4.05. The number of nitrogens with one attached hydrogen (secondary N) is 2. The van der Waals surface area contributed by atoms with E-state index in [1.165, 1.54) is 12.1 Å².